The zero-order valence-electron chi connectivity index (χ0n) is 9.83. The van der Waals surface area contributed by atoms with E-state index in [4.69, 9.17) is 4.42 Å². The van der Waals surface area contributed by atoms with Crippen molar-refractivity contribution in [3.8, 4) is 0 Å². The molecule has 1 aliphatic heterocycles. The minimum atomic E-state index is 0.527. The molecule has 1 aromatic heterocycles. The number of rotatable bonds is 4. The minimum absolute atomic E-state index is 0.527. The van der Waals surface area contributed by atoms with E-state index in [0.29, 0.717) is 17.9 Å². The number of aryl methyl sites for hydroxylation is 1. The maximum atomic E-state index is 5.39. The summed E-state index contributed by atoms with van der Waals surface area (Å²) in [4.78, 5) is 0. The number of nitrogens with zero attached hydrogens (tertiary/aromatic N) is 2. The van der Waals surface area contributed by atoms with Gasteiger partial charge in [-0.25, -0.2) is 0 Å². The van der Waals surface area contributed by atoms with Gasteiger partial charge in [0.05, 0.1) is 0 Å². The first-order valence-electron chi connectivity index (χ1n) is 6.18. The Morgan fingerprint density at radius 3 is 3.12 bits per heavy atom. The number of aromatic nitrogens is 2. The van der Waals surface area contributed by atoms with Crippen LogP contribution in [0.2, 0.25) is 0 Å². The quantitative estimate of drug-likeness (QED) is 0.813. The molecule has 2 heterocycles. The zero-order valence-corrected chi connectivity index (χ0v) is 9.83. The minimum Gasteiger partial charge on any atom is -0.408 e. The summed E-state index contributed by atoms with van der Waals surface area (Å²) < 4.78 is 5.39. The van der Waals surface area contributed by atoms with Crippen molar-refractivity contribution >= 4 is 6.01 Å². The number of hydrogen-bond donors (Lipinski definition) is 2. The second-order valence-electron chi connectivity index (χ2n) is 4.24. The van der Waals surface area contributed by atoms with E-state index in [0.717, 1.165) is 19.5 Å². The molecule has 5 nitrogen and oxygen atoms in total. The Morgan fingerprint density at radius 1 is 1.38 bits per heavy atom. The van der Waals surface area contributed by atoms with Crippen molar-refractivity contribution in [2.45, 2.75) is 45.1 Å². The smallest absolute Gasteiger partial charge is 0.315 e. The number of hydrogen-bond acceptors (Lipinski definition) is 5. The largest absolute Gasteiger partial charge is 0.408 e. The van der Waals surface area contributed by atoms with Gasteiger partial charge in [0.2, 0.25) is 5.89 Å². The highest BCUT2D eigenvalue weighted by molar-refractivity contribution is 5.17. The molecule has 5 heteroatoms. The summed E-state index contributed by atoms with van der Waals surface area (Å²) >= 11 is 0. The van der Waals surface area contributed by atoms with Crippen molar-refractivity contribution in [1.29, 1.82) is 0 Å². The predicted octanol–water partition coefficient (Wildman–Crippen LogP) is 1.58. The van der Waals surface area contributed by atoms with Crippen LogP contribution in [0.4, 0.5) is 6.01 Å². The van der Waals surface area contributed by atoms with Gasteiger partial charge in [0, 0.05) is 19.0 Å². The van der Waals surface area contributed by atoms with Crippen LogP contribution in [0.1, 0.15) is 38.5 Å². The summed E-state index contributed by atoms with van der Waals surface area (Å²) in [5.74, 6) is 0.691. The summed E-state index contributed by atoms with van der Waals surface area (Å²) in [5, 5.41) is 14.6. The molecule has 0 aliphatic carbocycles. The van der Waals surface area contributed by atoms with Crippen molar-refractivity contribution in [2.24, 2.45) is 0 Å². The van der Waals surface area contributed by atoms with E-state index in [-0.39, 0.29) is 0 Å². The van der Waals surface area contributed by atoms with Crippen molar-refractivity contribution < 1.29 is 4.42 Å². The van der Waals surface area contributed by atoms with Gasteiger partial charge in [-0.15, -0.1) is 5.10 Å². The SMILES string of the molecule is CCc1nnc(NC[C@@H]2CCCCCN2)o1. The van der Waals surface area contributed by atoms with E-state index in [1.807, 2.05) is 6.92 Å². The van der Waals surface area contributed by atoms with Crippen molar-refractivity contribution in [3.05, 3.63) is 5.89 Å². The Labute approximate surface area is 96.0 Å². The molecule has 1 fully saturated rings. The maximum absolute atomic E-state index is 5.39. The lowest BCUT2D eigenvalue weighted by atomic mass is 10.1. The van der Waals surface area contributed by atoms with E-state index in [1.54, 1.807) is 0 Å². The van der Waals surface area contributed by atoms with Crippen LogP contribution in [-0.2, 0) is 6.42 Å². The zero-order chi connectivity index (χ0) is 11.2. The Hall–Kier alpha value is -1.10. The lowest BCUT2D eigenvalue weighted by Crippen LogP contribution is -2.34. The molecular weight excluding hydrogens is 204 g/mol. The van der Waals surface area contributed by atoms with Crippen LogP contribution in [0.3, 0.4) is 0 Å². The van der Waals surface area contributed by atoms with Gasteiger partial charge in [-0.2, -0.15) is 0 Å². The third-order valence-electron chi connectivity index (χ3n) is 2.93. The number of nitrogens with one attached hydrogen (secondary N) is 2. The van der Waals surface area contributed by atoms with E-state index in [9.17, 15) is 0 Å². The molecule has 16 heavy (non-hydrogen) atoms. The second kappa shape index (κ2) is 5.84. The molecule has 0 spiro atoms. The van der Waals surface area contributed by atoms with E-state index in [2.05, 4.69) is 20.8 Å². The van der Waals surface area contributed by atoms with Crippen LogP contribution in [0, 0.1) is 0 Å². The molecule has 1 aromatic rings. The highest BCUT2D eigenvalue weighted by Gasteiger charge is 2.12. The van der Waals surface area contributed by atoms with Crippen LogP contribution in [0.25, 0.3) is 0 Å². The molecule has 0 amide bonds. The van der Waals surface area contributed by atoms with Gasteiger partial charge in [0.25, 0.3) is 0 Å². The molecule has 0 unspecified atom stereocenters. The lowest BCUT2D eigenvalue weighted by molar-refractivity contribution is 0.492. The molecular formula is C11H20N4O. The first kappa shape index (κ1) is 11.4. The van der Waals surface area contributed by atoms with Gasteiger partial charge in [-0.05, 0) is 19.4 Å². The summed E-state index contributed by atoms with van der Waals surface area (Å²) in [6.07, 6.45) is 5.95. The van der Waals surface area contributed by atoms with Gasteiger partial charge in [-0.3, -0.25) is 0 Å². The van der Waals surface area contributed by atoms with Crippen molar-refractivity contribution in [2.75, 3.05) is 18.4 Å². The molecule has 1 saturated heterocycles. The summed E-state index contributed by atoms with van der Waals surface area (Å²) in [5.41, 5.74) is 0. The van der Waals surface area contributed by atoms with Gasteiger partial charge < -0.3 is 15.1 Å². The second-order valence-corrected chi connectivity index (χ2v) is 4.24. The Bertz CT molecular complexity index is 305. The van der Waals surface area contributed by atoms with E-state index >= 15 is 0 Å². The third kappa shape index (κ3) is 3.20. The first-order chi connectivity index (χ1) is 7.88. The normalized spacial score (nSPS) is 21.7. The Balaban J connectivity index is 1.77. The number of anilines is 1. The topological polar surface area (TPSA) is 63.0 Å². The molecule has 2 rings (SSSR count). The van der Waals surface area contributed by atoms with Crippen molar-refractivity contribution in [3.63, 3.8) is 0 Å². The van der Waals surface area contributed by atoms with Gasteiger partial charge >= 0.3 is 6.01 Å². The van der Waals surface area contributed by atoms with E-state index in [1.165, 1.54) is 25.7 Å². The maximum Gasteiger partial charge on any atom is 0.315 e. The average molecular weight is 224 g/mol. The van der Waals surface area contributed by atoms with Gasteiger partial charge in [-0.1, -0.05) is 24.9 Å². The molecule has 0 bridgehead atoms. The van der Waals surface area contributed by atoms with Crippen LogP contribution < -0.4 is 10.6 Å². The highest BCUT2D eigenvalue weighted by atomic mass is 16.4. The first-order valence-corrected chi connectivity index (χ1v) is 6.18. The van der Waals surface area contributed by atoms with Crippen LogP contribution >= 0.6 is 0 Å². The monoisotopic (exact) mass is 224 g/mol. The van der Waals surface area contributed by atoms with Crippen LogP contribution in [0.15, 0.2) is 4.42 Å². The Morgan fingerprint density at radius 2 is 2.31 bits per heavy atom. The fourth-order valence-electron chi connectivity index (χ4n) is 1.95. The van der Waals surface area contributed by atoms with Crippen LogP contribution in [-0.4, -0.2) is 29.3 Å². The standard InChI is InChI=1S/C11H20N4O/c1-2-10-14-15-11(16-10)13-8-9-6-4-3-5-7-12-9/h9,12H,2-8H2,1H3,(H,13,15)/t9-/m0/s1. The molecule has 0 saturated carbocycles. The third-order valence-corrected chi connectivity index (χ3v) is 2.93. The molecule has 2 N–H and O–H groups in total. The summed E-state index contributed by atoms with van der Waals surface area (Å²) in [7, 11) is 0. The van der Waals surface area contributed by atoms with Crippen molar-refractivity contribution in [1.82, 2.24) is 15.5 Å². The average Bonchev–Trinajstić information content (AvgIpc) is 2.61. The predicted molar refractivity (Wildman–Crippen MR) is 62.4 cm³/mol. The molecule has 0 radical (unpaired) electrons. The molecule has 0 aromatic carbocycles. The summed E-state index contributed by atoms with van der Waals surface area (Å²) in [6, 6.07) is 1.07. The molecule has 1 aliphatic rings. The van der Waals surface area contributed by atoms with Gasteiger partial charge in [0.1, 0.15) is 0 Å². The van der Waals surface area contributed by atoms with Crippen LogP contribution in [0.5, 0.6) is 0 Å². The molecule has 90 valence electrons. The lowest BCUT2D eigenvalue weighted by Gasteiger charge is -2.14. The van der Waals surface area contributed by atoms with Gasteiger partial charge in [0.15, 0.2) is 0 Å². The fraction of sp³-hybridized carbons (Fsp3) is 0.818. The summed E-state index contributed by atoms with van der Waals surface area (Å²) in [6.45, 7) is 3.99. The van der Waals surface area contributed by atoms with E-state index < -0.39 is 0 Å². The molecule has 1 atom stereocenters. The highest BCUT2D eigenvalue weighted by Crippen LogP contribution is 2.10. The fourth-order valence-corrected chi connectivity index (χ4v) is 1.95. The Kier molecular flexibility index (Phi) is 4.16.